The number of aryl methyl sites for hydroxylation is 1. The quantitative estimate of drug-likeness (QED) is 0.742. The molecule has 0 saturated heterocycles. The number of anilines is 2. The van der Waals surface area contributed by atoms with E-state index < -0.39 is 5.91 Å². The summed E-state index contributed by atoms with van der Waals surface area (Å²) in [4.78, 5) is 23.4. The Bertz CT molecular complexity index is 681. The summed E-state index contributed by atoms with van der Waals surface area (Å²) in [6.07, 6.45) is 0. The highest BCUT2D eigenvalue weighted by molar-refractivity contribution is 6.08. The summed E-state index contributed by atoms with van der Waals surface area (Å²) in [6.45, 7) is 1.82. The highest BCUT2D eigenvalue weighted by Crippen LogP contribution is 2.17. The minimum atomic E-state index is -0.589. The van der Waals surface area contributed by atoms with Gasteiger partial charge < -0.3 is 16.8 Å². The number of amides is 2. The van der Waals surface area contributed by atoms with Crippen molar-refractivity contribution in [1.29, 1.82) is 0 Å². The van der Waals surface area contributed by atoms with Crippen LogP contribution in [0.2, 0.25) is 0 Å². The summed E-state index contributed by atoms with van der Waals surface area (Å²) in [6, 6.07) is 11.6. The van der Waals surface area contributed by atoms with E-state index in [4.69, 9.17) is 11.5 Å². The maximum atomic E-state index is 12.1. The van der Waals surface area contributed by atoms with Crippen LogP contribution in [-0.2, 0) is 0 Å². The average Bonchev–Trinajstić information content (AvgIpc) is 2.42. The van der Waals surface area contributed by atoms with Gasteiger partial charge in [0.2, 0.25) is 0 Å². The summed E-state index contributed by atoms with van der Waals surface area (Å²) in [7, 11) is 0. The van der Waals surface area contributed by atoms with E-state index in [1.54, 1.807) is 42.5 Å². The molecule has 0 aliphatic carbocycles. The number of rotatable bonds is 3. The molecule has 20 heavy (non-hydrogen) atoms. The first-order valence-electron chi connectivity index (χ1n) is 6.05. The number of hydrogen-bond donors (Lipinski definition) is 3. The number of para-hydroxylation sites is 1. The predicted octanol–water partition coefficient (Wildman–Crippen LogP) is 1.93. The van der Waals surface area contributed by atoms with Crippen LogP contribution in [0, 0.1) is 6.92 Å². The van der Waals surface area contributed by atoms with Gasteiger partial charge in [0, 0.05) is 11.3 Å². The second kappa shape index (κ2) is 5.44. The molecule has 2 rings (SSSR count). The number of nitrogen functional groups attached to an aromatic ring is 1. The van der Waals surface area contributed by atoms with E-state index in [1.165, 1.54) is 0 Å². The summed E-state index contributed by atoms with van der Waals surface area (Å²) in [5, 5.41) is 2.67. The molecule has 0 spiro atoms. The van der Waals surface area contributed by atoms with Crippen LogP contribution in [0.4, 0.5) is 11.4 Å². The standard InChI is InChI=1S/C15H15N3O2/c1-9-8-10(6-7-12(9)16)15(20)18-13-5-3-2-4-11(13)14(17)19/h2-8H,16H2,1H3,(H2,17,19)(H,18,20). The number of carbonyl (C=O) groups is 2. The van der Waals surface area contributed by atoms with Crippen LogP contribution in [0.25, 0.3) is 0 Å². The van der Waals surface area contributed by atoms with Gasteiger partial charge in [-0.3, -0.25) is 9.59 Å². The van der Waals surface area contributed by atoms with Crippen LogP contribution in [0.1, 0.15) is 26.3 Å². The SMILES string of the molecule is Cc1cc(C(=O)Nc2ccccc2C(N)=O)ccc1N. The van der Waals surface area contributed by atoms with Gasteiger partial charge in [0.15, 0.2) is 0 Å². The van der Waals surface area contributed by atoms with Crippen LogP contribution < -0.4 is 16.8 Å². The van der Waals surface area contributed by atoms with Crippen molar-refractivity contribution < 1.29 is 9.59 Å². The van der Waals surface area contributed by atoms with Crippen molar-refractivity contribution in [3.63, 3.8) is 0 Å². The zero-order valence-electron chi connectivity index (χ0n) is 11.0. The minimum absolute atomic E-state index is 0.271. The first-order valence-corrected chi connectivity index (χ1v) is 6.05. The van der Waals surface area contributed by atoms with E-state index in [0.29, 0.717) is 16.9 Å². The zero-order chi connectivity index (χ0) is 14.7. The second-order valence-corrected chi connectivity index (χ2v) is 4.44. The molecule has 0 fully saturated rings. The Morgan fingerprint density at radius 1 is 1.10 bits per heavy atom. The van der Waals surface area contributed by atoms with Gasteiger partial charge in [-0.25, -0.2) is 0 Å². The van der Waals surface area contributed by atoms with Crippen molar-refractivity contribution in [3.8, 4) is 0 Å². The first-order chi connectivity index (χ1) is 9.49. The highest BCUT2D eigenvalue weighted by atomic mass is 16.2. The Morgan fingerprint density at radius 2 is 1.80 bits per heavy atom. The monoisotopic (exact) mass is 269 g/mol. The molecule has 0 atom stereocenters. The van der Waals surface area contributed by atoms with E-state index in [-0.39, 0.29) is 11.5 Å². The Hall–Kier alpha value is -2.82. The molecule has 2 aromatic carbocycles. The highest BCUT2D eigenvalue weighted by Gasteiger charge is 2.12. The third-order valence-electron chi connectivity index (χ3n) is 2.97. The molecule has 102 valence electrons. The number of hydrogen-bond acceptors (Lipinski definition) is 3. The van der Waals surface area contributed by atoms with Crippen molar-refractivity contribution in [2.45, 2.75) is 6.92 Å². The summed E-state index contributed by atoms with van der Waals surface area (Å²) in [5.41, 5.74) is 13.6. The Morgan fingerprint density at radius 3 is 2.45 bits per heavy atom. The zero-order valence-corrected chi connectivity index (χ0v) is 11.0. The molecule has 5 heteroatoms. The van der Waals surface area contributed by atoms with Gasteiger partial charge in [0.1, 0.15) is 0 Å². The van der Waals surface area contributed by atoms with Crippen molar-refractivity contribution >= 4 is 23.2 Å². The largest absolute Gasteiger partial charge is 0.399 e. The van der Waals surface area contributed by atoms with Crippen LogP contribution in [0.3, 0.4) is 0 Å². The molecule has 0 bridgehead atoms. The molecule has 2 amide bonds. The molecule has 5 N–H and O–H groups in total. The van der Waals surface area contributed by atoms with Gasteiger partial charge in [-0.05, 0) is 42.8 Å². The van der Waals surface area contributed by atoms with E-state index in [2.05, 4.69) is 5.32 Å². The molecular weight excluding hydrogens is 254 g/mol. The second-order valence-electron chi connectivity index (χ2n) is 4.44. The van der Waals surface area contributed by atoms with Gasteiger partial charge in [-0.15, -0.1) is 0 Å². The predicted molar refractivity (Wildman–Crippen MR) is 78.5 cm³/mol. The normalized spacial score (nSPS) is 10.1. The number of nitrogens with two attached hydrogens (primary N) is 2. The lowest BCUT2D eigenvalue weighted by Gasteiger charge is -2.09. The van der Waals surface area contributed by atoms with Crippen LogP contribution >= 0.6 is 0 Å². The fraction of sp³-hybridized carbons (Fsp3) is 0.0667. The van der Waals surface area contributed by atoms with Crippen molar-refractivity contribution in [2.24, 2.45) is 5.73 Å². The van der Waals surface area contributed by atoms with Crippen molar-refractivity contribution in [1.82, 2.24) is 0 Å². The van der Waals surface area contributed by atoms with E-state index in [9.17, 15) is 9.59 Å². The van der Waals surface area contributed by atoms with E-state index in [1.807, 2.05) is 6.92 Å². The molecule has 0 saturated carbocycles. The Kier molecular flexibility index (Phi) is 3.70. The third-order valence-corrected chi connectivity index (χ3v) is 2.97. The Labute approximate surface area is 116 Å². The number of carbonyl (C=O) groups excluding carboxylic acids is 2. The van der Waals surface area contributed by atoms with Gasteiger partial charge in [0.05, 0.1) is 11.3 Å². The van der Waals surface area contributed by atoms with Crippen molar-refractivity contribution in [2.75, 3.05) is 11.1 Å². The van der Waals surface area contributed by atoms with Gasteiger partial charge >= 0.3 is 0 Å². The van der Waals surface area contributed by atoms with Gasteiger partial charge in [0.25, 0.3) is 11.8 Å². The molecule has 2 aromatic rings. The number of benzene rings is 2. The lowest BCUT2D eigenvalue weighted by atomic mass is 10.1. The molecule has 0 aliphatic heterocycles. The lowest BCUT2D eigenvalue weighted by molar-refractivity contribution is 0.100. The molecule has 0 heterocycles. The van der Waals surface area contributed by atoms with E-state index >= 15 is 0 Å². The Balaban J connectivity index is 2.28. The summed E-state index contributed by atoms with van der Waals surface area (Å²) < 4.78 is 0. The minimum Gasteiger partial charge on any atom is -0.399 e. The van der Waals surface area contributed by atoms with Crippen LogP contribution in [0.5, 0.6) is 0 Å². The average molecular weight is 269 g/mol. The maximum absolute atomic E-state index is 12.1. The maximum Gasteiger partial charge on any atom is 0.255 e. The summed E-state index contributed by atoms with van der Waals surface area (Å²) in [5.74, 6) is -0.906. The fourth-order valence-electron chi connectivity index (χ4n) is 1.82. The molecule has 0 unspecified atom stereocenters. The number of primary amides is 1. The molecule has 0 aliphatic rings. The smallest absolute Gasteiger partial charge is 0.255 e. The molecule has 0 aromatic heterocycles. The molecule has 0 radical (unpaired) electrons. The lowest BCUT2D eigenvalue weighted by Crippen LogP contribution is -2.18. The first kappa shape index (κ1) is 13.6. The summed E-state index contributed by atoms with van der Waals surface area (Å²) >= 11 is 0. The fourth-order valence-corrected chi connectivity index (χ4v) is 1.82. The van der Waals surface area contributed by atoms with Crippen LogP contribution in [0.15, 0.2) is 42.5 Å². The van der Waals surface area contributed by atoms with Crippen molar-refractivity contribution in [3.05, 3.63) is 59.2 Å². The third kappa shape index (κ3) is 2.77. The topological polar surface area (TPSA) is 98.2 Å². The van der Waals surface area contributed by atoms with E-state index in [0.717, 1.165) is 5.56 Å². The van der Waals surface area contributed by atoms with Gasteiger partial charge in [-0.2, -0.15) is 0 Å². The number of nitrogens with one attached hydrogen (secondary N) is 1. The van der Waals surface area contributed by atoms with Crippen LogP contribution in [-0.4, -0.2) is 11.8 Å². The molecular formula is C15H15N3O2. The van der Waals surface area contributed by atoms with Gasteiger partial charge in [-0.1, -0.05) is 12.1 Å². The molecule has 5 nitrogen and oxygen atoms in total.